The Morgan fingerprint density at radius 2 is 0.947 bits per heavy atom. The SMILES string of the molecule is CNCc1ccc(-c2cc(-c3nc(-c4ccc(=O)n(CC5(C)COC5)c4)cnc3C)on2)cc1.Cc1ncc(-c2c[nH]c(=O)c(Cl)c2)nc1-c1cc(-c2ccc(CNC3CC3)cc2)no1.Cc1ncc(-c2ccc(=O)[nH]c2)nc1-c1cc(-c2ccc(CNC3CC3)cc2)no1.[HH].[HH].[HH].[HH]. The normalized spacial score (nSPS) is 13.9. The summed E-state index contributed by atoms with van der Waals surface area (Å²) < 4.78 is 23.9. The monoisotopic (exact) mass is 1300 g/mol. The van der Waals surface area contributed by atoms with E-state index in [2.05, 4.69) is 122 Å². The molecule has 0 unspecified atom stereocenters. The molecule has 22 nitrogen and oxygen atoms in total. The maximum Gasteiger partial charge on any atom is 0.266 e. The van der Waals surface area contributed by atoms with E-state index in [0.717, 1.165) is 75.9 Å². The zero-order valence-electron chi connectivity index (χ0n) is 52.9. The van der Waals surface area contributed by atoms with Gasteiger partial charge in [-0.25, -0.2) is 15.0 Å². The molecule has 0 spiro atoms. The fourth-order valence-electron chi connectivity index (χ4n) is 10.7. The average molecular weight is 1300 g/mol. The second kappa shape index (κ2) is 28.0. The molecule has 2 aliphatic carbocycles. The van der Waals surface area contributed by atoms with Crippen LogP contribution in [0.15, 0.2) is 186 Å². The van der Waals surface area contributed by atoms with Crippen molar-refractivity contribution in [2.75, 3.05) is 20.3 Å². The molecule has 95 heavy (non-hydrogen) atoms. The number of rotatable bonds is 19. The number of hydrogen-bond donors (Lipinski definition) is 5. The van der Waals surface area contributed by atoms with E-state index >= 15 is 0 Å². The Kier molecular flexibility index (Phi) is 18.6. The minimum atomic E-state index is -0.347. The van der Waals surface area contributed by atoms with E-state index in [0.29, 0.717) is 94.5 Å². The fourth-order valence-corrected chi connectivity index (χ4v) is 10.8. The summed E-state index contributed by atoms with van der Waals surface area (Å²) in [6, 6.07) is 39.9. The maximum atomic E-state index is 12.4. The van der Waals surface area contributed by atoms with Crippen molar-refractivity contribution in [2.45, 2.75) is 91.6 Å². The molecule has 12 aromatic rings. The van der Waals surface area contributed by atoms with Crippen LogP contribution in [0.2, 0.25) is 5.02 Å². The lowest BCUT2D eigenvalue weighted by Crippen LogP contribution is -2.44. The molecule has 5 N–H and O–H groups in total. The van der Waals surface area contributed by atoms with Crippen LogP contribution in [0, 0.1) is 26.2 Å². The zero-order valence-corrected chi connectivity index (χ0v) is 53.7. The van der Waals surface area contributed by atoms with Gasteiger partial charge in [0.05, 0.1) is 66.0 Å². The van der Waals surface area contributed by atoms with Gasteiger partial charge in [-0.2, -0.15) is 0 Å². The van der Waals surface area contributed by atoms with Gasteiger partial charge in [0.2, 0.25) is 5.56 Å². The third-order valence-electron chi connectivity index (χ3n) is 16.5. The molecule has 488 valence electrons. The number of halogens is 1. The Labute approximate surface area is 556 Å². The van der Waals surface area contributed by atoms with E-state index in [1.807, 2.05) is 76.5 Å². The molecule has 3 fully saturated rings. The summed E-state index contributed by atoms with van der Waals surface area (Å²) in [6.07, 6.45) is 15.2. The summed E-state index contributed by atoms with van der Waals surface area (Å²) in [5, 5.41) is 23.0. The van der Waals surface area contributed by atoms with Gasteiger partial charge in [-0.3, -0.25) is 29.3 Å². The summed E-state index contributed by atoms with van der Waals surface area (Å²) in [7, 11) is 1.92. The molecule has 23 heteroatoms. The van der Waals surface area contributed by atoms with Crippen LogP contribution in [-0.4, -0.2) is 92.3 Å². The zero-order chi connectivity index (χ0) is 65.6. The highest BCUT2D eigenvalue weighted by atomic mass is 35.5. The van der Waals surface area contributed by atoms with E-state index in [9.17, 15) is 14.4 Å². The molecule has 2 saturated carbocycles. The molecular formula is C72H76ClN15O7. The predicted molar refractivity (Wildman–Crippen MR) is 370 cm³/mol. The summed E-state index contributed by atoms with van der Waals surface area (Å²) in [4.78, 5) is 68.1. The smallest absolute Gasteiger partial charge is 0.266 e. The molecular weight excluding hydrogens is 1220 g/mol. The highest BCUT2D eigenvalue weighted by molar-refractivity contribution is 6.30. The van der Waals surface area contributed by atoms with E-state index in [1.54, 1.807) is 59.8 Å². The number of H-pyrrole nitrogens is 2. The number of aromatic nitrogens is 12. The fraction of sp³-hybridized carbons (Fsp3) is 0.250. The Morgan fingerprint density at radius 1 is 0.526 bits per heavy atom. The number of nitrogens with zero attached hydrogens (tertiary/aromatic N) is 10. The lowest BCUT2D eigenvalue weighted by Gasteiger charge is -2.38. The average Bonchev–Trinajstić information content (AvgIpc) is 1.64. The summed E-state index contributed by atoms with van der Waals surface area (Å²) in [5.74, 6) is 1.63. The van der Waals surface area contributed by atoms with Crippen molar-refractivity contribution in [1.29, 1.82) is 0 Å². The number of ether oxygens (including phenoxy) is 1. The van der Waals surface area contributed by atoms with Gasteiger partial charge in [-0.05, 0) is 88.4 Å². The number of aromatic amines is 2. The van der Waals surface area contributed by atoms with Gasteiger partial charge < -0.3 is 48.8 Å². The van der Waals surface area contributed by atoms with Crippen molar-refractivity contribution in [3.05, 3.63) is 228 Å². The van der Waals surface area contributed by atoms with Crippen LogP contribution < -0.4 is 32.6 Å². The van der Waals surface area contributed by atoms with Gasteiger partial charge in [-0.1, -0.05) is 107 Å². The van der Waals surface area contributed by atoms with E-state index in [-0.39, 0.29) is 32.8 Å². The lowest BCUT2D eigenvalue weighted by molar-refractivity contribution is -0.110. The predicted octanol–water partition coefficient (Wildman–Crippen LogP) is 12.8. The molecule has 0 radical (unpaired) electrons. The molecule has 0 bridgehead atoms. The molecule has 1 aliphatic heterocycles. The van der Waals surface area contributed by atoms with Crippen LogP contribution in [0.1, 0.15) is 72.1 Å². The van der Waals surface area contributed by atoms with Crippen LogP contribution in [-0.2, 0) is 30.9 Å². The van der Waals surface area contributed by atoms with Gasteiger partial charge in [0, 0.05) is 132 Å². The second-order valence-electron chi connectivity index (χ2n) is 24.4. The summed E-state index contributed by atoms with van der Waals surface area (Å²) in [6.45, 7) is 12.2. The van der Waals surface area contributed by atoms with Crippen LogP contribution >= 0.6 is 11.6 Å². The molecule has 9 aromatic heterocycles. The molecule has 15 rings (SSSR count). The van der Waals surface area contributed by atoms with Crippen molar-refractivity contribution in [3.8, 4) is 102 Å². The minimum absolute atomic E-state index is 0. The van der Waals surface area contributed by atoms with Crippen molar-refractivity contribution in [2.24, 2.45) is 5.41 Å². The van der Waals surface area contributed by atoms with E-state index < -0.39 is 0 Å². The first-order chi connectivity index (χ1) is 46.2. The minimum Gasteiger partial charge on any atom is -0.380 e. The van der Waals surface area contributed by atoms with Crippen molar-refractivity contribution < 1.29 is 24.0 Å². The topological polar surface area (TPSA) is 288 Å². The third kappa shape index (κ3) is 15.4. The lowest BCUT2D eigenvalue weighted by atomic mass is 9.88. The third-order valence-corrected chi connectivity index (χ3v) is 16.8. The standard InChI is InChI=1S/C26H27N5O3.C23H20ClN5O2.C23H21N5O2.4H2/c1-17-25(23-10-21(30-34-23)19-6-4-18(5-7-19)11-27-3)29-22(12-28-17)20-8-9-24(32)31(13-20)14-26(2)15-33-16-26;1-13-22(28-20(12-25-13)16-8-18(24)23(30)27-11-16)21-9-19(29-31-21)15-4-2-14(3-5-15)10-26-17-6-7-17;1-14-23(27-20(13-24-14)17-6-9-22(29)26-12-17)21-10-19(28-30-21)16-4-2-15(3-5-16)11-25-18-7-8-18;;;;/h4-10,12-13,27H,11,14-16H2,1-3H3;2-5,8-9,11-12,17,26H,6-7,10H2,1H3,(H,27,30);2-6,9-10,12-13,18,25H,7-8,11H2,1H3,(H,26,29);4*1H. The van der Waals surface area contributed by atoms with Gasteiger partial charge in [0.1, 0.15) is 39.2 Å². The van der Waals surface area contributed by atoms with Gasteiger partial charge in [0.15, 0.2) is 17.3 Å². The van der Waals surface area contributed by atoms with E-state index in [4.69, 9.17) is 34.9 Å². The second-order valence-corrected chi connectivity index (χ2v) is 24.8. The summed E-state index contributed by atoms with van der Waals surface area (Å²) >= 11 is 5.95. The molecule has 0 amide bonds. The van der Waals surface area contributed by atoms with Crippen LogP contribution in [0.25, 0.3) is 102 Å². The first-order valence-electron chi connectivity index (χ1n) is 31.3. The van der Waals surface area contributed by atoms with Crippen molar-refractivity contribution >= 4 is 11.6 Å². The Morgan fingerprint density at radius 3 is 1.36 bits per heavy atom. The van der Waals surface area contributed by atoms with Gasteiger partial charge in [-0.15, -0.1) is 0 Å². The van der Waals surface area contributed by atoms with Crippen LogP contribution in [0.3, 0.4) is 0 Å². The Balaban J connectivity index is 0.000000170. The largest absolute Gasteiger partial charge is 0.380 e. The Bertz CT molecular complexity index is 4880. The number of nitrogens with one attached hydrogen (secondary N) is 5. The van der Waals surface area contributed by atoms with Crippen LogP contribution in [0.5, 0.6) is 0 Å². The maximum absolute atomic E-state index is 12.4. The molecule has 10 heterocycles. The highest BCUT2D eigenvalue weighted by Gasteiger charge is 2.34. The molecule has 0 atom stereocenters. The Hall–Kier alpha value is -10.5. The number of aryl methyl sites for hydroxylation is 3. The first kappa shape index (κ1) is 63.3. The number of hydrogen-bond acceptors (Lipinski definition) is 19. The number of benzene rings is 3. The van der Waals surface area contributed by atoms with Crippen LogP contribution in [0.4, 0.5) is 0 Å². The quantitative estimate of drug-likeness (QED) is 0.0503. The first-order valence-corrected chi connectivity index (χ1v) is 31.7. The molecule has 3 aromatic carbocycles. The number of pyridine rings is 3. The van der Waals surface area contributed by atoms with Gasteiger partial charge >= 0.3 is 0 Å². The van der Waals surface area contributed by atoms with Crippen molar-refractivity contribution in [1.82, 2.24) is 75.9 Å². The van der Waals surface area contributed by atoms with E-state index in [1.165, 1.54) is 48.4 Å². The summed E-state index contributed by atoms with van der Waals surface area (Å²) in [5.41, 5.74) is 16.5. The molecule has 3 aliphatic rings. The van der Waals surface area contributed by atoms with Crippen molar-refractivity contribution in [3.63, 3.8) is 0 Å². The highest BCUT2D eigenvalue weighted by Crippen LogP contribution is 2.34. The van der Waals surface area contributed by atoms with Gasteiger partial charge in [0.25, 0.3) is 11.1 Å². The molecule has 1 saturated heterocycles.